The van der Waals surface area contributed by atoms with Gasteiger partial charge in [0, 0.05) is 18.7 Å². The molecule has 2 aliphatic rings. The van der Waals surface area contributed by atoms with Gasteiger partial charge in [0.15, 0.2) is 17.3 Å². The second kappa shape index (κ2) is 8.05. The fraction of sp³-hybridized carbons (Fsp3) is 0.318. The van der Waals surface area contributed by atoms with Crippen molar-refractivity contribution in [3.05, 3.63) is 52.5 Å². The average Bonchev–Trinajstić information content (AvgIpc) is 3.03. The molecule has 0 saturated heterocycles. The van der Waals surface area contributed by atoms with Crippen LogP contribution in [-0.4, -0.2) is 40.2 Å². The fourth-order valence-corrected chi connectivity index (χ4v) is 4.00. The van der Waals surface area contributed by atoms with Crippen LogP contribution in [-0.2, 0) is 4.79 Å². The molecular weight excluding hydrogens is 442 g/mol. The lowest BCUT2D eigenvalue weighted by Crippen LogP contribution is -2.38. The van der Waals surface area contributed by atoms with E-state index in [0.717, 1.165) is 12.0 Å². The smallest absolute Gasteiger partial charge is 0.395 e. The normalized spacial score (nSPS) is 19.2. The first-order chi connectivity index (χ1) is 15.1. The van der Waals surface area contributed by atoms with E-state index in [1.165, 1.54) is 24.5 Å². The Bertz CT molecular complexity index is 1150. The highest BCUT2D eigenvalue weighted by molar-refractivity contribution is 6.34. The number of carbonyl (C=O) groups is 1. The number of fused-ring (bicyclic) bond motifs is 1. The van der Waals surface area contributed by atoms with Crippen LogP contribution in [0.3, 0.4) is 0 Å². The Balaban J connectivity index is 1.55. The molecule has 0 spiro atoms. The Morgan fingerprint density at radius 2 is 1.91 bits per heavy atom. The topological polar surface area (TPSA) is 76.6 Å². The molecule has 0 radical (unpaired) electrons. The molecule has 0 saturated carbocycles. The molecule has 168 valence electrons. The molecule has 4 rings (SSSR count). The Labute approximate surface area is 188 Å². The number of aryl methyl sites for hydroxylation is 1. The minimum atomic E-state index is -3.69. The Morgan fingerprint density at radius 1 is 1.22 bits per heavy atom. The van der Waals surface area contributed by atoms with Gasteiger partial charge >= 0.3 is 6.29 Å². The highest BCUT2D eigenvalue weighted by atomic mass is 35.5. The number of amides is 1. The number of anilines is 1. The van der Waals surface area contributed by atoms with E-state index in [1.54, 1.807) is 6.92 Å². The molecule has 1 unspecified atom stereocenters. The first kappa shape index (κ1) is 22.0. The zero-order valence-electron chi connectivity index (χ0n) is 17.9. The van der Waals surface area contributed by atoms with Crippen LogP contribution in [0.2, 0.25) is 0 Å². The molecular formula is C22H21ClF2N4O3. The number of benzene rings is 1. The molecule has 32 heavy (non-hydrogen) atoms. The molecule has 1 aromatic carbocycles. The standard InChI is InChI=1S/C22H21ClF2N4O3/c1-5-13-6-12(3)19(23)20(29(13)4)21(30)28-18-10-26-15(9-27-18)14-8-17-16(7-11(14)2)31-22(24,25)32-17/h6-10,13H,5H2,1-4H3,(H,27,28,30). The molecule has 10 heteroatoms. The number of allylic oxidation sites excluding steroid dienone is 2. The number of alkyl halides is 2. The number of aromatic nitrogens is 2. The van der Waals surface area contributed by atoms with Gasteiger partial charge in [0.2, 0.25) is 0 Å². The molecule has 7 nitrogen and oxygen atoms in total. The van der Waals surface area contributed by atoms with E-state index in [9.17, 15) is 13.6 Å². The molecule has 0 aliphatic carbocycles. The zero-order valence-corrected chi connectivity index (χ0v) is 18.6. The molecule has 1 N–H and O–H groups in total. The number of hydrogen-bond acceptors (Lipinski definition) is 6. The lowest BCUT2D eigenvalue weighted by molar-refractivity contribution is -0.286. The monoisotopic (exact) mass is 462 g/mol. The Kier molecular flexibility index (Phi) is 5.54. The lowest BCUT2D eigenvalue weighted by Gasteiger charge is -2.33. The number of rotatable bonds is 4. The Hall–Kier alpha value is -3.20. The molecule has 1 amide bonds. The molecule has 2 aromatic rings. The number of halogens is 3. The van der Waals surface area contributed by atoms with Crippen LogP contribution in [0.4, 0.5) is 14.6 Å². The van der Waals surface area contributed by atoms with Gasteiger partial charge in [-0.1, -0.05) is 24.6 Å². The van der Waals surface area contributed by atoms with Crippen LogP contribution in [0.25, 0.3) is 11.3 Å². The van der Waals surface area contributed by atoms with Gasteiger partial charge in [-0.3, -0.25) is 9.78 Å². The molecule has 0 fully saturated rings. The van der Waals surface area contributed by atoms with Crippen LogP contribution in [0.5, 0.6) is 11.5 Å². The van der Waals surface area contributed by atoms with Crippen molar-refractivity contribution < 1.29 is 23.0 Å². The van der Waals surface area contributed by atoms with Crippen molar-refractivity contribution in [3.63, 3.8) is 0 Å². The second-order valence-corrected chi connectivity index (χ2v) is 8.00. The SMILES string of the molecule is CCC1C=C(C)C(Cl)=C(C(=O)Nc2cnc(-c3cc4c(cc3C)OC(F)(F)O4)cn2)N1C. The van der Waals surface area contributed by atoms with Gasteiger partial charge in [-0.05, 0) is 43.5 Å². The van der Waals surface area contributed by atoms with Crippen molar-refractivity contribution in [2.45, 2.75) is 39.5 Å². The largest absolute Gasteiger partial charge is 0.586 e. The average molecular weight is 463 g/mol. The molecule has 0 bridgehead atoms. The summed E-state index contributed by atoms with van der Waals surface area (Å²) in [5, 5.41) is 3.10. The first-order valence-corrected chi connectivity index (χ1v) is 10.3. The van der Waals surface area contributed by atoms with Crippen LogP contribution in [0.15, 0.2) is 46.9 Å². The van der Waals surface area contributed by atoms with Crippen molar-refractivity contribution in [1.29, 1.82) is 0 Å². The van der Waals surface area contributed by atoms with Gasteiger partial charge in [0.25, 0.3) is 5.91 Å². The maximum absolute atomic E-state index is 13.3. The fourth-order valence-electron chi connectivity index (χ4n) is 3.71. The van der Waals surface area contributed by atoms with Crippen LogP contribution >= 0.6 is 11.6 Å². The van der Waals surface area contributed by atoms with Crippen LogP contribution < -0.4 is 14.8 Å². The van der Waals surface area contributed by atoms with Crippen LogP contribution in [0, 0.1) is 6.92 Å². The minimum Gasteiger partial charge on any atom is -0.395 e. The molecule has 1 aromatic heterocycles. The number of likely N-dealkylation sites (N-methyl/N-ethyl adjacent to an activating group) is 1. The van der Waals surface area contributed by atoms with Crippen molar-refractivity contribution in [3.8, 4) is 22.8 Å². The summed E-state index contributed by atoms with van der Waals surface area (Å²) in [4.78, 5) is 23.3. The first-order valence-electron chi connectivity index (χ1n) is 9.95. The van der Waals surface area contributed by atoms with E-state index in [-0.39, 0.29) is 23.4 Å². The number of carbonyl (C=O) groups excluding carboxylic acids is 1. The summed E-state index contributed by atoms with van der Waals surface area (Å²) in [5.41, 5.74) is 2.84. The predicted octanol–water partition coefficient (Wildman–Crippen LogP) is 4.83. The van der Waals surface area contributed by atoms with Crippen molar-refractivity contribution in [1.82, 2.24) is 14.9 Å². The number of nitrogens with zero attached hydrogens (tertiary/aromatic N) is 3. The quantitative estimate of drug-likeness (QED) is 0.701. The number of nitrogens with one attached hydrogen (secondary N) is 1. The zero-order chi connectivity index (χ0) is 23.2. The number of ether oxygens (including phenoxy) is 2. The van der Waals surface area contributed by atoms with Gasteiger partial charge < -0.3 is 19.7 Å². The summed E-state index contributed by atoms with van der Waals surface area (Å²) >= 11 is 6.40. The third-order valence-electron chi connectivity index (χ3n) is 5.40. The van der Waals surface area contributed by atoms with E-state index in [1.807, 2.05) is 31.9 Å². The summed E-state index contributed by atoms with van der Waals surface area (Å²) < 4.78 is 35.6. The van der Waals surface area contributed by atoms with Crippen LogP contribution in [0.1, 0.15) is 25.8 Å². The van der Waals surface area contributed by atoms with Gasteiger partial charge in [-0.15, -0.1) is 8.78 Å². The summed E-state index contributed by atoms with van der Waals surface area (Å²) in [5.74, 6) is -0.281. The number of hydrogen-bond donors (Lipinski definition) is 1. The molecule has 1 atom stereocenters. The third kappa shape index (κ3) is 4.00. The lowest BCUT2D eigenvalue weighted by atomic mass is 10.0. The van der Waals surface area contributed by atoms with Gasteiger partial charge in [0.1, 0.15) is 5.70 Å². The Morgan fingerprint density at radius 3 is 2.53 bits per heavy atom. The summed E-state index contributed by atoms with van der Waals surface area (Å²) in [6.07, 6.45) is 1.99. The maximum Gasteiger partial charge on any atom is 0.586 e. The van der Waals surface area contributed by atoms with E-state index >= 15 is 0 Å². The third-order valence-corrected chi connectivity index (χ3v) is 5.87. The van der Waals surface area contributed by atoms with Gasteiger partial charge in [-0.2, -0.15) is 0 Å². The van der Waals surface area contributed by atoms with E-state index in [0.29, 0.717) is 27.6 Å². The van der Waals surface area contributed by atoms with Gasteiger partial charge in [-0.25, -0.2) is 4.98 Å². The highest BCUT2D eigenvalue weighted by Gasteiger charge is 2.43. The van der Waals surface area contributed by atoms with Gasteiger partial charge in [0.05, 0.1) is 23.1 Å². The second-order valence-electron chi connectivity index (χ2n) is 7.62. The van der Waals surface area contributed by atoms with E-state index < -0.39 is 12.2 Å². The molecule has 2 aliphatic heterocycles. The van der Waals surface area contributed by atoms with Crippen molar-refractivity contribution >= 4 is 23.3 Å². The summed E-state index contributed by atoms with van der Waals surface area (Å²) in [7, 11) is 1.81. The predicted molar refractivity (Wildman–Crippen MR) is 116 cm³/mol. The van der Waals surface area contributed by atoms with E-state index in [4.69, 9.17) is 11.6 Å². The molecule has 3 heterocycles. The van der Waals surface area contributed by atoms with Crippen molar-refractivity contribution in [2.24, 2.45) is 0 Å². The minimum absolute atomic E-state index is 0.0374. The summed E-state index contributed by atoms with van der Waals surface area (Å²) in [6.45, 7) is 5.63. The van der Waals surface area contributed by atoms with E-state index in [2.05, 4.69) is 24.8 Å². The van der Waals surface area contributed by atoms with Crippen molar-refractivity contribution in [2.75, 3.05) is 12.4 Å². The summed E-state index contributed by atoms with van der Waals surface area (Å²) in [6, 6.07) is 2.94. The highest BCUT2D eigenvalue weighted by Crippen LogP contribution is 2.44. The maximum atomic E-state index is 13.3.